The number of hydrogen-bond acceptors (Lipinski definition) is 4. The van der Waals surface area contributed by atoms with Gasteiger partial charge in [-0.05, 0) is 91.6 Å². The fourth-order valence-corrected chi connectivity index (χ4v) is 10.1. The number of hydrogen-bond donors (Lipinski definition) is 0. The molecule has 0 amide bonds. The van der Waals surface area contributed by atoms with Crippen LogP contribution in [0.15, 0.2) is 211 Å². The summed E-state index contributed by atoms with van der Waals surface area (Å²) in [6, 6.07) is 73.5. The van der Waals surface area contributed by atoms with Crippen LogP contribution in [0.4, 0.5) is 0 Å². The van der Waals surface area contributed by atoms with Crippen molar-refractivity contribution in [3.05, 3.63) is 206 Å². The van der Waals surface area contributed by atoms with Gasteiger partial charge in [-0.15, -0.1) is 0 Å². The van der Waals surface area contributed by atoms with Crippen LogP contribution >= 0.6 is 0 Å². The van der Waals surface area contributed by atoms with E-state index in [1.807, 2.05) is 6.07 Å². The summed E-state index contributed by atoms with van der Waals surface area (Å²) in [6.07, 6.45) is 0. The Morgan fingerprint density at radius 2 is 0.797 bits per heavy atom. The van der Waals surface area contributed by atoms with Crippen LogP contribution in [0.5, 0.6) is 0 Å². The van der Waals surface area contributed by atoms with Crippen molar-refractivity contribution in [2.45, 2.75) is 0 Å². The maximum atomic E-state index is 6.94. The second-order valence-electron chi connectivity index (χ2n) is 16.8. The first-order valence-electron chi connectivity index (χ1n) is 21.7. The first-order valence-corrected chi connectivity index (χ1v) is 21.7. The number of aromatic nitrogens is 4. The van der Waals surface area contributed by atoms with E-state index in [4.69, 9.17) is 19.4 Å². The van der Waals surface area contributed by atoms with E-state index in [0.29, 0.717) is 17.5 Å². The maximum Gasteiger partial charge on any atom is 0.164 e. The highest BCUT2D eigenvalue weighted by molar-refractivity contribution is 6.23. The number of nitrogens with zero attached hydrogens (tertiary/aromatic N) is 4. The van der Waals surface area contributed by atoms with E-state index in [1.54, 1.807) is 0 Å². The molecule has 3 heterocycles. The Hall–Kier alpha value is -8.67. The summed E-state index contributed by atoms with van der Waals surface area (Å²) in [7, 11) is 0. The minimum Gasteiger partial charge on any atom is -0.455 e. The minimum atomic E-state index is 0.583. The Balaban J connectivity index is 1.07. The third-order valence-electron chi connectivity index (χ3n) is 13.1. The smallest absolute Gasteiger partial charge is 0.164 e. The lowest BCUT2D eigenvalue weighted by Crippen LogP contribution is -2.00. The van der Waals surface area contributed by atoms with E-state index in [-0.39, 0.29) is 0 Å². The molecule has 0 aliphatic carbocycles. The van der Waals surface area contributed by atoms with Crippen molar-refractivity contribution in [3.8, 4) is 39.9 Å². The molecule has 64 heavy (non-hydrogen) atoms. The first-order chi connectivity index (χ1) is 31.7. The van der Waals surface area contributed by atoms with E-state index in [0.717, 1.165) is 87.7 Å². The molecule has 5 heteroatoms. The van der Waals surface area contributed by atoms with Crippen molar-refractivity contribution in [3.63, 3.8) is 0 Å². The van der Waals surface area contributed by atoms with Crippen molar-refractivity contribution in [2.24, 2.45) is 0 Å². The number of fused-ring (bicyclic) bond motifs is 12. The number of benzene rings is 11. The zero-order valence-corrected chi connectivity index (χ0v) is 34.3. The summed E-state index contributed by atoms with van der Waals surface area (Å²) in [5.41, 5.74) is 7.71. The van der Waals surface area contributed by atoms with E-state index in [2.05, 4.69) is 205 Å². The normalized spacial score (nSPS) is 12.1. The van der Waals surface area contributed by atoms with Crippen LogP contribution in [-0.2, 0) is 0 Å². The summed E-state index contributed by atoms with van der Waals surface area (Å²) >= 11 is 0. The van der Waals surface area contributed by atoms with Crippen molar-refractivity contribution in [1.29, 1.82) is 0 Å². The molecule has 0 N–H and O–H groups in total. The van der Waals surface area contributed by atoms with E-state index in [9.17, 15) is 0 Å². The van der Waals surface area contributed by atoms with Gasteiger partial charge in [0, 0.05) is 49.0 Å². The lowest BCUT2D eigenvalue weighted by Gasteiger charge is -2.13. The third-order valence-corrected chi connectivity index (χ3v) is 13.1. The van der Waals surface area contributed by atoms with Crippen molar-refractivity contribution in [2.75, 3.05) is 0 Å². The van der Waals surface area contributed by atoms with Gasteiger partial charge in [0.1, 0.15) is 11.2 Å². The topological polar surface area (TPSA) is 56.7 Å². The lowest BCUT2D eigenvalue weighted by molar-refractivity contribution is 0.672. The first kappa shape index (κ1) is 35.0. The van der Waals surface area contributed by atoms with Crippen LogP contribution in [0.1, 0.15) is 0 Å². The van der Waals surface area contributed by atoms with E-state index >= 15 is 0 Å². The summed E-state index contributed by atoms with van der Waals surface area (Å²) in [5, 5.41) is 16.0. The molecule has 14 rings (SSSR count). The molecule has 0 radical (unpaired) electrons. The van der Waals surface area contributed by atoms with Gasteiger partial charge < -0.3 is 8.98 Å². The minimum absolute atomic E-state index is 0.583. The monoisotopic (exact) mass is 814 g/mol. The molecule has 11 aromatic carbocycles. The van der Waals surface area contributed by atoms with Crippen molar-refractivity contribution >= 4 is 97.6 Å². The molecule has 0 fully saturated rings. The standard InChI is InChI=1S/C59H34N4O/c1-3-14-37-28-43(26-24-35(37)12-1)57-60-58(44-27-25-36-13-2-4-15-38(36)29-44)62-59(61-57)47-22-11-23-54-55(47)50-34-53(45-20-9-10-21-46(45)56(50)64-54)63-51-32-41-18-7-5-16-39(41)30-48(51)49-31-40-17-6-8-19-42(40)33-52(49)63/h1-34H. The highest BCUT2D eigenvalue weighted by Crippen LogP contribution is 2.44. The summed E-state index contributed by atoms with van der Waals surface area (Å²) in [6.45, 7) is 0. The summed E-state index contributed by atoms with van der Waals surface area (Å²) in [5.74, 6) is 1.80. The molecule has 5 nitrogen and oxygen atoms in total. The van der Waals surface area contributed by atoms with Crippen LogP contribution in [0.3, 0.4) is 0 Å². The zero-order chi connectivity index (χ0) is 41.9. The molecule has 3 aromatic heterocycles. The van der Waals surface area contributed by atoms with E-state index < -0.39 is 0 Å². The van der Waals surface area contributed by atoms with Gasteiger partial charge in [-0.1, -0.05) is 158 Å². The van der Waals surface area contributed by atoms with Gasteiger partial charge >= 0.3 is 0 Å². The molecule has 0 saturated heterocycles. The molecular formula is C59H34N4O. The third kappa shape index (κ3) is 5.28. The molecule has 0 bridgehead atoms. The SMILES string of the molecule is c1ccc2cc(-c3nc(-c4ccc5ccccc5c4)nc(-c4cccc5oc6c7ccccc7c(-n7c8cc9ccccc9cc8c8cc9ccccc9cc87)cc6c45)n3)ccc2c1. The fourth-order valence-electron chi connectivity index (χ4n) is 10.1. The van der Waals surface area contributed by atoms with Crippen LogP contribution in [-0.4, -0.2) is 19.5 Å². The Labute approximate surface area is 366 Å². The fraction of sp³-hybridized carbons (Fsp3) is 0. The molecule has 0 atom stereocenters. The van der Waals surface area contributed by atoms with Gasteiger partial charge in [-0.3, -0.25) is 0 Å². The molecule has 0 aliphatic heterocycles. The van der Waals surface area contributed by atoms with Crippen molar-refractivity contribution < 1.29 is 4.42 Å². The molecule has 0 spiro atoms. The Morgan fingerprint density at radius 1 is 0.328 bits per heavy atom. The Kier molecular flexibility index (Phi) is 7.33. The maximum absolute atomic E-state index is 6.94. The number of furan rings is 1. The quantitative estimate of drug-likeness (QED) is 0.178. The Morgan fingerprint density at radius 3 is 1.36 bits per heavy atom. The van der Waals surface area contributed by atoms with Gasteiger partial charge in [-0.25, -0.2) is 15.0 Å². The summed E-state index contributed by atoms with van der Waals surface area (Å²) < 4.78 is 9.40. The highest BCUT2D eigenvalue weighted by Gasteiger charge is 2.23. The average molecular weight is 815 g/mol. The van der Waals surface area contributed by atoms with E-state index in [1.165, 1.54) is 32.3 Å². The van der Waals surface area contributed by atoms with Crippen LogP contribution in [0.2, 0.25) is 0 Å². The lowest BCUT2D eigenvalue weighted by atomic mass is 10.0. The van der Waals surface area contributed by atoms with Gasteiger partial charge in [0.25, 0.3) is 0 Å². The van der Waals surface area contributed by atoms with Gasteiger partial charge in [0.05, 0.1) is 16.7 Å². The Bertz CT molecular complexity index is 4080. The second-order valence-corrected chi connectivity index (χ2v) is 16.8. The van der Waals surface area contributed by atoms with Gasteiger partial charge in [-0.2, -0.15) is 0 Å². The molecule has 0 unspecified atom stereocenters. The molecule has 296 valence electrons. The summed E-state index contributed by atoms with van der Waals surface area (Å²) in [4.78, 5) is 15.8. The predicted octanol–water partition coefficient (Wildman–Crippen LogP) is 15.6. The zero-order valence-electron chi connectivity index (χ0n) is 34.3. The average Bonchev–Trinajstić information content (AvgIpc) is 3.89. The van der Waals surface area contributed by atoms with Crippen LogP contribution < -0.4 is 0 Å². The van der Waals surface area contributed by atoms with Crippen LogP contribution in [0.25, 0.3) is 137 Å². The molecule has 0 saturated carbocycles. The largest absolute Gasteiger partial charge is 0.455 e. The van der Waals surface area contributed by atoms with Crippen molar-refractivity contribution in [1.82, 2.24) is 19.5 Å². The van der Waals surface area contributed by atoms with Gasteiger partial charge in [0.15, 0.2) is 17.5 Å². The second kappa shape index (κ2) is 13.4. The molecule has 14 aromatic rings. The molecular weight excluding hydrogens is 781 g/mol. The highest BCUT2D eigenvalue weighted by atomic mass is 16.3. The number of rotatable bonds is 4. The van der Waals surface area contributed by atoms with Gasteiger partial charge in [0.2, 0.25) is 0 Å². The van der Waals surface area contributed by atoms with Crippen LogP contribution in [0, 0.1) is 0 Å². The predicted molar refractivity (Wildman–Crippen MR) is 265 cm³/mol. The molecule has 0 aliphatic rings.